The third-order valence-electron chi connectivity index (χ3n) is 7.08. The Labute approximate surface area is 222 Å². The average molecular weight is 550 g/mol. The summed E-state index contributed by atoms with van der Waals surface area (Å²) in [7, 11) is 5.73. The lowest BCUT2D eigenvalue weighted by molar-refractivity contribution is -0.139. The highest BCUT2D eigenvalue weighted by Gasteiger charge is 2.42. The number of hydrogen-bond acceptors (Lipinski definition) is 7. The molecular formula is C26H31F4N7O2. The Morgan fingerprint density at radius 2 is 2.10 bits per heavy atom. The van der Waals surface area contributed by atoms with Gasteiger partial charge in [0.15, 0.2) is 6.17 Å². The standard InChI is InChI=1S/C26H31F4N7O2/c1-35(2)12-15-9-16(15)25(38)31-11-23-33-24(34-39-23)22-10-17-19(32-20-7-8-36(3)13-18(20)27)5-4-6-21(17)37(22)14-26(28,29)30/h4-6,10,15-16,18H,7-9,11-14H2,1-3H3,(H,31,38)/t15-,16+,18-/m0/s1. The van der Waals surface area contributed by atoms with Gasteiger partial charge in [-0.2, -0.15) is 18.2 Å². The number of amides is 1. The smallest absolute Gasteiger partial charge is 0.347 e. The molecule has 3 atom stereocenters. The minimum Gasteiger partial charge on any atom is -0.347 e. The monoisotopic (exact) mass is 549 g/mol. The first kappa shape index (κ1) is 27.3. The lowest BCUT2D eigenvalue weighted by atomic mass is 10.1. The lowest BCUT2D eigenvalue weighted by Crippen LogP contribution is -2.39. The predicted octanol–water partition coefficient (Wildman–Crippen LogP) is 3.81. The zero-order valence-electron chi connectivity index (χ0n) is 22.0. The number of aliphatic imine (C=N–C) groups is 1. The number of carbonyl (C=O) groups is 1. The van der Waals surface area contributed by atoms with Crippen LogP contribution in [0.15, 0.2) is 33.8 Å². The molecule has 13 heteroatoms. The van der Waals surface area contributed by atoms with Crippen LogP contribution < -0.4 is 5.32 Å². The van der Waals surface area contributed by atoms with E-state index < -0.39 is 18.9 Å². The van der Waals surface area contributed by atoms with Crippen LogP contribution in [-0.4, -0.2) is 89.3 Å². The maximum absolute atomic E-state index is 14.6. The zero-order valence-corrected chi connectivity index (χ0v) is 22.0. The molecule has 3 heterocycles. The summed E-state index contributed by atoms with van der Waals surface area (Å²) < 4.78 is 61.7. The van der Waals surface area contributed by atoms with Crippen molar-refractivity contribution < 1.29 is 26.9 Å². The second-order valence-electron chi connectivity index (χ2n) is 10.6. The van der Waals surface area contributed by atoms with E-state index in [1.165, 1.54) is 6.07 Å². The van der Waals surface area contributed by atoms with Crippen LogP contribution in [0.25, 0.3) is 22.4 Å². The highest BCUT2D eigenvalue weighted by molar-refractivity contribution is 5.99. The largest absolute Gasteiger partial charge is 0.406 e. The summed E-state index contributed by atoms with van der Waals surface area (Å²) in [6, 6.07) is 6.32. The second kappa shape index (κ2) is 10.7. The van der Waals surface area contributed by atoms with E-state index in [0.717, 1.165) is 17.5 Å². The van der Waals surface area contributed by atoms with Gasteiger partial charge in [-0.3, -0.25) is 9.79 Å². The van der Waals surface area contributed by atoms with Crippen LogP contribution in [-0.2, 0) is 17.9 Å². The number of halogens is 4. The fourth-order valence-electron chi connectivity index (χ4n) is 5.08. The molecule has 1 saturated heterocycles. The molecule has 2 aromatic heterocycles. The van der Waals surface area contributed by atoms with Gasteiger partial charge in [0.1, 0.15) is 6.54 Å². The van der Waals surface area contributed by atoms with Crippen molar-refractivity contribution in [1.29, 1.82) is 0 Å². The minimum absolute atomic E-state index is 0.0260. The molecule has 3 aromatic rings. The molecule has 39 heavy (non-hydrogen) atoms. The molecule has 1 aromatic carbocycles. The number of fused-ring (bicyclic) bond motifs is 1. The predicted molar refractivity (Wildman–Crippen MR) is 137 cm³/mol. The maximum Gasteiger partial charge on any atom is 0.406 e. The second-order valence-corrected chi connectivity index (χ2v) is 10.6. The number of benzene rings is 1. The Morgan fingerprint density at radius 1 is 1.31 bits per heavy atom. The summed E-state index contributed by atoms with van der Waals surface area (Å²) in [5.41, 5.74) is 1.11. The number of hydrogen-bond donors (Lipinski definition) is 1. The van der Waals surface area contributed by atoms with Crippen LogP contribution in [0.1, 0.15) is 18.7 Å². The van der Waals surface area contributed by atoms with Crippen molar-refractivity contribution in [2.75, 3.05) is 40.8 Å². The molecule has 0 bridgehead atoms. The van der Waals surface area contributed by atoms with E-state index in [0.29, 0.717) is 35.7 Å². The normalized spacial score (nSPS) is 23.2. The number of nitrogens with zero attached hydrogens (tertiary/aromatic N) is 6. The molecule has 1 aliphatic carbocycles. The van der Waals surface area contributed by atoms with E-state index in [-0.39, 0.29) is 47.8 Å². The summed E-state index contributed by atoms with van der Waals surface area (Å²) in [6.07, 6.45) is -4.53. The molecular weight excluding hydrogens is 518 g/mol. The number of carbonyl (C=O) groups excluding carboxylic acids is 1. The molecule has 0 radical (unpaired) electrons. The molecule has 2 fully saturated rings. The molecule has 1 saturated carbocycles. The Balaban J connectivity index is 1.41. The molecule has 5 rings (SSSR count). The highest BCUT2D eigenvalue weighted by Crippen LogP contribution is 2.39. The van der Waals surface area contributed by atoms with Gasteiger partial charge in [-0.15, -0.1) is 0 Å². The number of alkyl halides is 4. The van der Waals surface area contributed by atoms with Gasteiger partial charge in [0, 0.05) is 37.4 Å². The van der Waals surface area contributed by atoms with Gasteiger partial charge < -0.3 is 24.2 Å². The quantitative estimate of drug-likeness (QED) is 0.430. The summed E-state index contributed by atoms with van der Waals surface area (Å²) >= 11 is 0. The van der Waals surface area contributed by atoms with Gasteiger partial charge in [-0.1, -0.05) is 11.2 Å². The number of aromatic nitrogens is 3. The van der Waals surface area contributed by atoms with Crippen LogP contribution in [0, 0.1) is 11.8 Å². The molecule has 9 nitrogen and oxygen atoms in total. The number of rotatable bonds is 8. The zero-order chi connectivity index (χ0) is 27.9. The van der Waals surface area contributed by atoms with E-state index in [1.54, 1.807) is 18.2 Å². The third-order valence-corrected chi connectivity index (χ3v) is 7.08. The first-order chi connectivity index (χ1) is 18.5. The van der Waals surface area contributed by atoms with E-state index >= 15 is 0 Å². The van der Waals surface area contributed by atoms with Crippen molar-refractivity contribution >= 4 is 28.2 Å². The molecule has 0 unspecified atom stereocenters. The first-order valence-corrected chi connectivity index (χ1v) is 12.8. The maximum atomic E-state index is 14.6. The average Bonchev–Trinajstić information content (AvgIpc) is 3.28. The lowest BCUT2D eigenvalue weighted by Gasteiger charge is -2.26. The van der Waals surface area contributed by atoms with Gasteiger partial charge in [-0.25, -0.2) is 4.39 Å². The highest BCUT2D eigenvalue weighted by atomic mass is 19.4. The van der Waals surface area contributed by atoms with Gasteiger partial charge >= 0.3 is 6.18 Å². The molecule has 1 aliphatic heterocycles. The summed E-state index contributed by atoms with van der Waals surface area (Å²) in [5, 5.41) is 7.10. The van der Waals surface area contributed by atoms with Crippen molar-refractivity contribution in [1.82, 2.24) is 29.8 Å². The van der Waals surface area contributed by atoms with Gasteiger partial charge in [0.25, 0.3) is 0 Å². The molecule has 1 N–H and O–H groups in total. The van der Waals surface area contributed by atoms with Gasteiger partial charge in [0.2, 0.25) is 17.6 Å². The Hall–Kier alpha value is -3.32. The fourth-order valence-corrected chi connectivity index (χ4v) is 5.08. The van der Waals surface area contributed by atoms with E-state index in [4.69, 9.17) is 4.52 Å². The SMILES string of the molecule is CN(C)C[C@@H]1C[C@H]1C(=O)NCc1nc(-c2cc3c(N=C4CCN(C)C[C@@H]4F)cccc3n2CC(F)(F)F)no1. The summed E-state index contributed by atoms with van der Waals surface area (Å²) in [5.74, 6) is 0.155. The third kappa shape index (κ3) is 6.30. The van der Waals surface area contributed by atoms with Crippen LogP contribution >= 0.6 is 0 Å². The molecule has 210 valence electrons. The van der Waals surface area contributed by atoms with Crippen LogP contribution in [0.3, 0.4) is 0 Å². The van der Waals surface area contributed by atoms with E-state index in [9.17, 15) is 22.4 Å². The van der Waals surface area contributed by atoms with Crippen LogP contribution in [0.4, 0.5) is 23.2 Å². The summed E-state index contributed by atoms with van der Waals surface area (Å²) in [6.45, 7) is 0.381. The summed E-state index contributed by atoms with van der Waals surface area (Å²) in [4.78, 5) is 25.1. The van der Waals surface area contributed by atoms with Crippen molar-refractivity contribution in [2.45, 2.75) is 38.3 Å². The molecule has 1 amide bonds. The minimum atomic E-state index is -4.52. The Morgan fingerprint density at radius 3 is 2.82 bits per heavy atom. The number of piperidine rings is 1. The van der Waals surface area contributed by atoms with E-state index in [1.807, 2.05) is 30.9 Å². The van der Waals surface area contributed by atoms with Crippen molar-refractivity contribution in [3.05, 3.63) is 30.2 Å². The van der Waals surface area contributed by atoms with Crippen LogP contribution in [0.2, 0.25) is 0 Å². The van der Waals surface area contributed by atoms with Gasteiger partial charge in [0.05, 0.1) is 29.2 Å². The first-order valence-electron chi connectivity index (χ1n) is 12.8. The molecule has 0 spiro atoms. The number of nitrogens with one attached hydrogen (secondary N) is 1. The van der Waals surface area contributed by atoms with Crippen molar-refractivity contribution in [2.24, 2.45) is 16.8 Å². The fraction of sp³-hybridized carbons (Fsp3) is 0.538. The van der Waals surface area contributed by atoms with Crippen molar-refractivity contribution in [3.63, 3.8) is 0 Å². The van der Waals surface area contributed by atoms with E-state index in [2.05, 4.69) is 20.4 Å². The Kier molecular flexibility index (Phi) is 7.47. The topological polar surface area (TPSA) is 91.8 Å². The van der Waals surface area contributed by atoms with Gasteiger partial charge in [-0.05, 0) is 51.7 Å². The molecule has 2 aliphatic rings. The van der Waals surface area contributed by atoms with Crippen molar-refractivity contribution in [3.8, 4) is 11.5 Å². The Bertz CT molecular complexity index is 1380. The number of likely N-dealkylation sites (tertiary alicyclic amines) is 1. The van der Waals surface area contributed by atoms with Crippen LogP contribution in [0.5, 0.6) is 0 Å².